The number of rotatable bonds is 3. The van der Waals surface area contributed by atoms with Crippen LogP contribution < -0.4 is 0 Å². The van der Waals surface area contributed by atoms with Crippen molar-refractivity contribution in [3.05, 3.63) is 34.1 Å². The molecular weight excluding hydrogens is 373 g/mol. The highest BCUT2D eigenvalue weighted by atomic mass is 79.9. The minimum absolute atomic E-state index is 0. The lowest BCUT2D eigenvalue weighted by Crippen LogP contribution is -2.41. The Morgan fingerprint density at radius 2 is 2.09 bits per heavy atom. The lowest BCUT2D eigenvalue weighted by atomic mass is 9.84. The molecule has 1 saturated heterocycles. The maximum atomic E-state index is 13.7. The summed E-state index contributed by atoms with van der Waals surface area (Å²) in [5.74, 6) is -0.555. The van der Waals surface area contributed by atoms with Crippen molar-refractivity contribution in [2.24, 2.45) is 5.92 Å². The second kappa shape index (κ2) is 7.28. The van der Waals surface area contributed by atoms with Crippen LogP contribution in [0.3, 0.4) is 0 Å². The lowest BCUT2D eigenvalue weighted by molar-refractivity contribution is -0.142. The van der Waals surface area contributed by atoms with Gasteiger partial charge in [0.2, 0.25) is 0 Å². The van der Waals surface area contributed by atoms with Crippen molar-refractivity contribution in [3.8, 4) is 0 Å². The van der Waals surface area contributed by atoms with Gasteiger partial charge in [0.15, 0.2) is 0 Å². The molecule has 1 aliphatic carbocycles. The van der Waals surface area contributed by atoms with Crippen molar-refractivity contribution in [1.29, 1.82) is 0 Å². The number of hydrogen-bond acceptors (Lipinski definition) is 2. The average molecular weight is 393 g/mol. The number of hydrogen-bond donors (Lipinski definition) is 1. The van der Waals surface area contributed by atoms with Gasteiger partial charge in [-0.1, -0.05) is 18.9 Å². The Labute approximate surface area is 144 Å². The highest BCUT2D eigenvalue weighted by Gasteiger charge is 2.44. The molecule has 22 heavy (non-hydrogen) atoms. The quantitative estimate of drug-likeness (QED) is 0.837. The molecule has 3 rings (SSSR count). The molecule has 0 radical (unpaired) electrons. The standard InChI is InChI=1S/C16H19BrFNO2.ClH/c17-12-6-5-10(7-13(12)18)9-19-14-4-2-1-3-11(14)8-15(19)16(20)21;/h5-7,11,14-15H,1-4,8-9H2,(H,20,21);1H. The third kappa shape index (κ3) is 3.47. The van der Waals surface area contributed by atoms with E-state index in [1.807, 2.05) is 6.07 Å². The van der Waals surface area contributed by atoms with Gasteiger partial charge in [-0.2, -0.15) is 0 Å². The summed E-state index contributed by atoms with van der Waals surface area (Å²) in [6, 6.07) is 4.97. The largest absolute Gasteiger partial charge is 0.480 e. The Morgan fingerprint density at radius 1 is 1.36 bits per heavy atom. The summed E-state index contributed by atoms with van der Waals surface area (Å²) in [7, 11) is 0. The zero-order valence-corrected chi connectivity index (χ0v) is 14.6. The summed E-state index contributed by atoms with van der Waals surface area (Å²) < 4.78 is 14.1. The fourth-order valence-electron chi connectivity index (χ4n) is 3.87. The second-order valence-electron chi connectivity index (χ2n) is 6.12. The maximum Gasteiger partial charge on any atom is 0.320 e. The topological polar surface area (TPSA) is 40.5 Å². The van der Waals surface area contributed by atoms with Crippen LogP contribution >= 0.6 is 28.3 Å². The monoisotopic (exact) mass is 391 g/mol. The molecule has 1 aromatic rings. The molecular formula is C16H20BrClFNO2. The third-order valence-electron chi connectivity index (χ3n) is 4.86. The highest BCUT2D eigenvalue weighted by Crippen LogP contribution is 2.40. The molecule has 0 aromatic heterocycles. The molecule has 2 aliphatic rings. The Morgan fingerprint density at radius 3 is 2.77 bits per heavy atom. The molecule has 0 amide bonds. The molecule has 1 saturated carbocycles. The van der Waals surface area contributed by atoms with E-state index >= 15 is 0 Å². The number of carboxylic acid groups (broad SMARTS) is 1. The first-order chi connectivity index (χ1) is 10.1. The average Bonchev–Trinajstić information content (AvgIpc) is 2.82. The number of nitrogens with zero attached hydrogens (tertiary/aromatic N) is 1. The number of benzene rings is 1. The number of carboxylic acids is 1. The fourth-order valence-corrected chi connectivity index (χ4v) is 4.12. The molecule has 3 unspecified atom stereocenters. The molecule has 2 fully saturated rings. The smallest absolute Gasteiger partial charge is 0.320 e. The molecule has 1 aromatic carbocycles. The Hall–Kier alpha value is -0.650. The third-order valence-corrected chi connectivity index (χ3v) is 5.50. The van der Waals surface area contributed by atoms with E-state index in [1.54, 1.807) is 6.07 Å². The van der Waals surface area contributed by atoms with Gasteiger partial charge < -0.3 is 5.11 Å². The molecule has 1 heterocycles. The molecule has 3 nitrogen and oxygen atoms in total. The highest BCUT2D eigenvalue weighted by molar-refractivity contribution is 9.10. The van der Waals surface area contributed by atoms with Crippen LogP contribution in [-0.4, -0.2) is 28.1 Å². The van der Waals surface area contributed by atoms with Gasteiger partial charge in [-0.05, 0) is 58.8 Å². The molecule has 6 heteroatoms. The predicted octanol–water partition coefficient (Wildman–Crippen LogP) is 4.23. The first-order valence-electron chi connectivity index (χ1n) is 7.48. The summed E-state index contributed by atoms with van der Waals surface area (Å²) in [5.41, 5.74) is 0.841. The van der Waals surface area contributed by atoms with Crippen LogP contribution in [0.1, 0.15) is 37.7 Å². The Bertz CT molecular complexity index is 557. The van der Waals surface area contributed by atoms with Crippen molar-refractivity contribution >= 4 is 34.3 Å². The lowest BCUT2D eigenvalue weighted by Gasteiger charge is -2.33. The van der Waals surface area contributed by atoms with Gasteiger partial charge in [0, 0.05) is 12.6 Å². The first-order valence-corrected chi connectivity index (χ1v) is 8.28. The van der Waals surface area contributed by atoms with Crippen molar-refractivity contribution < 1.29 is 14.3 Å². The van der Waals surface area contributed by atoms with E-state index in [-0.39, 0.29) is 18.2 Å². The van der Waals surface area contributed by atoms with Crippen LogP contribution in [-0.2, 0) is 11.3 Å². The van der Waals surface area contributed by atoms with E-state index in [4.69, 9.17) is 0 Å². The van der Waals surface area contributed by atoms with Crippen molar-refractivity contribution in [2.45, 2.75) is 50.7 Å². The van der Waals surface area contributed by atoms with Gasteiger partial charge in [-0.3, -0.25) is 9.69 Å². The number of likely N-dealkylation sites (tertiary alicyclic amines) is 1. The normalized spacial score (nSPS) is 28.0. The first kappa shape index (κ1) is 17.7. The SMILES string of the molecule is Cl.O=C(O)C1CC2CCCCC2N1Cc1ccc(Br)c(F)c1. The summed E-state index contributed by atoms with van der Waals surface area (Å²) in [4.78, 5) is 13.6. The van der Waals surface area contributed by atoms with Crippen molar-refractivity contribution in [2.75, 3.05) is 0 Å². The number of fused-ring (bicyclic) bond motifs is 1. The maximum absolute atomic E-state index is 13.7. The van der Waals surface area contributed by atoms with Crippen LogP contribution in [0.2, 0.25) is 0 Å². The molecule has 0 bridgehead atoms. The van der Waals surface area contributed by atoms with Gasteiger partial charge in [0.25, 0.3) is 0 Å². The minimum atomic E-state index is -0.748. The predicted molar refractivity (Wildman–Crippen MR) is 88.7 cm³/mol. The molecule has 3 atom stereocenters. The number of carbonyl (C=O) groups is 1. The molecule has 122 valence electrons. The zero-order valence-electron chi connectivity index (χ0n) is 12.2. The Balaban J connectivity index is 0.00000176. The van der Waals surface area contributed by atoms with Gasteiger partial charge in [-0.15, -0.1) is 12.4 Å². The van der Waals surface area contributed by atoms with E-state index in [1.165, 1.54) is 18.9 Å². The van der Waals surface area contributed by atoms with Gasteiger partial charge >= 0.3 is 5.97 Å². The van der Waals surface area contributed by atoms with Gasteiger partial charge in [0.05, 0.1) is 4.47 Å². The van der Waals surface area contributed by atoms with Crippen LogP contribution in [0.4, 0.5) is 4.39 Å². The van der Waals surface area contributed by atoms with E-state index in [2.05, 4.69) is 20.8 Å². The fraction of sp³-hybridized carbons (Fsp3) is 0.562. The Kier molecular flexibility index (Phi) is 5.86. The van der Waals surface area contributed by atoms with Crippen LogP contribution in [0.15, 0.2) is 22.7 Å². The van der Waals surface area contributed by atoms with Crippen LogP contribution in [0.25, 0.3) is 0 Å². The summed E-state index contributed by atoms with van der Waals surface area (Å²) >= 11 is 3.15. The zero-order chi connectivity index (χ0) is 15.0. The second-order valence-corrected chi connectivity index (χ2v) is 6.98. The van der Waals surface area contributed by atoms with E-state index in [0.29, 0.717) is 23.0 Å². The minimum Gasteiger partial charge on any atom is -0.480 e. The number of aliphatic carboxylic acids is 1. The molecule has 0 spiro atoms. The summed E-state index contributed by atoms with van der Waals surface area (Å²) in [5, 5.41) is 9.48. The van der Waals surface area contributed by atoms with Crippen molar-refractivity contribution in [3.63, 3.8) is 0 Å². The van der Waals surface area contributed by atoms with Gasteiger partial charge in [0.1, 0.15) is 11.9 Å². The van der Waals surface area contributed by atoms with Gasteiger partial charge in [-0.25, -0.2) is 4.39 Å². The van der Waals surface area contributed by atoms with E-state index < -0.39 is 12.0 Å². The molecule has 1 aliphatic heterocycles. The van der Waals surface area contributed by atoms with Crippen LogP contribution in [0, 0.1) is 11.7 Å². The summed E-state index contributed by atoms with van der Waals surface area (Å²) in [6.45, 7) is 0.516. The number of halogens is 3. The van der Waals surface area contributed by atoms with Crippen molar-refractivity contribution in [1.82, 2.24) is 4.90 Å². The van der Waals surface area contributed by atoms with E-state index in [9.17, 15) is 14.3 Å². The summed E-state index contributed by atoms with van der Waals surface area (Å²) in [6.07, 6.45) is 5.29. The van der Waals surface area contributed by atoms with E-state index in [0.717, 1.165) is 24.8 Å². The van der Waals surface area contributed by atoms with Crippen LogP contribution in [0.5, 0.6) is 0 Å². The molecule has 1 N–H and O–H groups in total.